The first kappa shape index (κ1) is 21.9. The fourth-order valence-electron chi connectivity index (χ4n) is 3.97. The van der Waals surface area contributed by atoms with Crippen LogP contribution in [0.4, 0.5) is 4.39 Å². The van der Waals surface area contributed by atoms with E-state index in [4.69, 9.17) is 0 Å². The minimum Gasteiger partial charge on any atom is -0.328 e. The Morgan fingerprint density at radius 2 is 1.88 bits per heavy atom. The highest BCUT2D eigenvalue weighted by atomic mass is 32.2. The van der Waals surface area contributed by atoms with Gasteiger partial charge in [-0.3, -0.25) is 9.78 Å². The van der Waals surface area contributed by atoms with Crippen molar-refractivity contribution >= 4 is 15.7 Å². The van der Waals surface area contributed by atoms with Crippen molar-refractivity contribution in [1.29, 1.82) is 0 Å². The van der Waals surface area contributed by atoms with E-state index in [1.54, 1.807) is 34.2 Å². The second kappa shape index (κ2) is 8.14. The molecule has 4 heterocycles. The Kier molecular flexibility index (Phi) is 5.24. The van der Waals surface area contributed by atoms with Gasteiger partial charge in [-0.05, 0) is 48.4 Å². The van der Waals surface area contributed by atoms with Crippen LogP contribution in [0.3, 0.4) is 0 Å². The van der Waals surface area contributed by atoms with Crippen LogP contribution >= 0.6 is 0 Å². The minimum absolute atomic E-state index is 0.0738. The third kappa shape index (κ3) is 4.08. The van der Waals surface area contributed by atoms with Crippen LogP contribution in [-0.4, -0.2) is 45.2 Å². The number of aromatic nitrogens is 4. The Hall–Kier alpha value is -3.92. The molecule has 0 saturated heterocycles. The molecule has 0 spiro atoms. The third-order valence-electron chi connectivity index (χ3n) is 5.65. The maximum atomic E-state index is 13.6. The molecule has 3 aromatic heterocycles. The lowest BCUT2D eigenvalue weighted by molar-refractivity contribution is 0.0749. The van der Waals surface area contributed by atoms with Gasteiger partial charge in [-0.2, -0.15) is 5.10 Å². The van der Waals surface area contributed by atoms with Crippen LogP contribution in [0.1, 0.15) is 27.2 Å². The molecule has 172 valence electrons. The SMILES string of the molecule is Cc1cncc(-c2ccc(S(C)(=O)=O)cc2C(=O)N2Cc3cn(-c4ccc(F)cn4)nc3C2)c1. The van der Waals surface area contributed by atoms with Crippen molar-refractivity contribution in [2.45, 2.75) is 24.9 Å². The zero-order valence-electron chi connectivity index (χ0n) is 18.4. The number of halogens is 1. The number of benzene rings is 1. The highest BCUT2D eigenvalue weighted by Crippen LogP contribution is 2.31. The fraction of sp³-hybridized carbons (Fsp3) is 0.167. The van der Waals surface area contributed by atoms with Crippen molar-refractivity contribution in [1.82, 2.24) is 24.6 Å². The summed E-state index contributed by atoms with van der Waals surface area (Å²) in [5, 5.41) is 4.50. The summed E-state index contributed by atoms with van der Waals surface area (Å²) < 4.78 is 39.1. The van der Waals surface area contributed by atoms with Gasteiger partial charge in [0.15, 0.2) is 15.7 Å². The van der Waals surface area contributed by atoms with Gasteiger partial charge in [0.1, 0.15) is 5.82 Å². The maximum absolute atomic E-state index is 13.6. The van der Waals surface area contributed by atoms with Crippen LogP contribution < -0.4 is 0 Å². The molecule has 4 aromatic rings. The Morgan fingerprint density at radius 3 is 2.56 bits per heavy atom. The average Bonchev–Trinajstić information content (AvgIpc) is 3.38. The topological polar surface area (TPSA) is 98.0 Å². The molecule has 0 radical (unpaired) electrons. The summed E-state index contributed by atoms with van der Waals surface area (Å²) in [7, 11) is -3.51. The largest absolute Gasteiger partial charge is 0.328 e. The summed E-state index contributed by atoms with van der Waals surface area (Å²) in [4.78, 5) is 23.5. The average molecular weight is 478 g/mol. The molecule has 34 heavy (non-hydrogen) atoms. The summed E-state index contributed by atoms with van der Waals surface area (Å²) in [5.41, 5.74) is 4.10. The van der Waals surface area contributed by atoms with E-state index in [-0.39, 0.29) is 22.9 Å². The first-order valence-electron chi connectivity index (χ1n) is 10.4. The molecule has 0 atom stereocenters. The monoisotopic (exact) mass is 477 g/mol. The molecule has 1 aliphatic heterocycles. The maximum Gasteiger partial charge on any atom is 0.255 e. The molecular weight excluding hydrogens is 457 g/mol. The number of hydrogen-bond donors (Lipinski definition) is 0. The molecule has 0 aliphatic carbocycles. The highest BCUT2D eigenvalue weighted by molar-refractivity contribution is 7.90. The highest BCUT2D eigenvalue weighted by Gasteiger charge is 2.29. The van der Waals surface area contributed by atoms with E-state index < -0.39 is 15.7 Å². The van der Waals surface area contributed by atoms with Gasteiger partial charge in [-0.25, -0.2) is 22.5 Å². The second-order valence-corrected chi connectivity index (χ2v) is 10.3. The number of rotatable bonds is 4. The predicted molar refractivity (Wildman–Crippen MR) is 122 cm³/mol. The van der Waals surface area contributed by atoms with Crippen molar-refractivity contribution in [3.8, 4) is 16.9 Å². The van der Waals surface area contributed by atoms with E-state index in [0.717, 1.165) is 29.1 Å². The lowest BCUT2D eigenvalue weighted by atomic mass is 9.99. The summed E-state index contributed by atoms with van der Waals surface area (Å²) in [6, 6.07) is 9.31. The van der Waals surface area contributed by atoms with Crippen molar-refractivity contribution in [2.24, 2.45) is 0 Å². The fourth-order valence-corrected chi connectivity index (χ4v) is 4.62. The van der Waals surface area contributed by atoms with Gasteiger partial charge >= 0.3 is 0 Å². The van der Waals surface area contributed by atoms with Crippen LogP contribution in [0.15, 0.2) is 66.1 Å². The zero-order chi connectivity index (χ0) is 24.0. The number of amides is 1. The van der Waals surface area contributed by atoms with Gasteiger partial charge in [0.2, 0.25) is 0 Å². The quantitative estimate of drug-likeness (QED) is 0.447. The minimum atomic E-state index is -3.51. The predicted octanol–water partition coefficient (Wildman–Crippen LogP) is 3.34. The molecular formula is C24H20FN5O3S. The molecule has 5 rings (SSSR count). The summed E-state index contributed by atoms with van der Waals surface area (Å²) >= 11 is 0. The number of fused-ring (bicyclic) bond motifs is 1. The molecule has 10 heteroatoms. The number of carbonyl (C=O) groups is 1. The summed E-state index contributed by atoms with van der Waals surface area (Å²) in [6.07, 6.45) is 7.36. The van der Waals surface area contributed by atoms with Crippen molar-refractivity contribution in [3.05, 3.63) is 89.4 Å². The van der Waals surface area contributed by atoms with Gasteiger partial charge in [-0.1, -0.05) is 6.07 Å². The molecule has 1 aromatic carbocycles. The van der Waals surface area contributed by atoms with Gasteiger partial charge in [0.05, 0.1) is 23.3 Å². The molecule has 1 aliphatic rings. The van der Waals surface area contributed by atoms with E-state index in [0.29, 0.717) is 23.6 Å². The number of pyridine rings is 2. The molecule has 8 nitrogen and oxygen atoms in total. The lowest BCUT2D eigenvalue weighted by Gasteiger charge is -2.19. The van der Waals surface area contributed by atoms with E-state index in [2.05, 4.69) is 15.1 Å². The Morgan fingerprint density at radius 1 is 1.06 bits per heavy atom. The Labute approximate surface area is 195 Å². The molecule has 0 saturated carbocycles. The van der Waals surface area contributed by atoms with Crippen molar-refractivity contribution < 1.29 is 17.6 Å². The Bertz CT molecular complexity index is 1510. The van der Waals surface area contributed by atoms with Gasteiger partial charge in [0.25, 0.3) is 5.91 Å². The Balaban J connectivity index is 1.48. The number of hydrogen-bond acceptors (Lipinski definition) is 6. The van der Waals surface area contributed by atoms with Gasteiger partial charge in [0, 0.05) is 48.1 Å². The molecule has 0 fully saturated rings. The third-order valence-corrected chi connectivity index (χ3v) is 6.76. The van der Waals surface area contributed by atoms with Crippen molar-refractivity contribution in [3.63, 3.8) is 0 Å². The standard InChI is InChI=1S/C24H20FN5O3S/c1-15-7-16(10-26-9-15)20-5-4-19(34(2,32)33)8-21(20)24(31)29-12-17-13-30(28-22(17)14-29)23-6-3-18(25)11-27-23/h3-11,13H,12,14H2,1-2H3. The van der Waals surface area contributed by atoms with E-state index in [1.165, 1.54) is 24.3 Å². The summed E-state index contributed by atoms with van der Waals surface area (Å²) in [6.45, 7) is 2.47. The molecule has 0 N–H and O–H groups in total. The van der Waals surface area contributed by atoms with Crippen molar-refractivity contribution in [2.75, 3.05) is 6.26 Å². The van der Waals surface area contributed by atoms with Crippen LogP contribution in [0.25, 0.3) is 16.9 Å². The van der Waals surface area contributed by atoms with Gasteiger partial charge in [-0.15, -0.1) is 0 Å². The molecule has 0 bridgehead atoms. The number of sulfone groups is 1. The van der Waals surface area contributed by atoms with E-state index >= 15 is 0 Å². The smallest absolute Gasteiger partial charge is 0.255 e. The second-order valence-electron chi connectivity index (χ2n) is 8.27. The van der Waals surface area contributed by atoms with E-state index in [1.807, 2.05) is 13.0 Å². The van der Waals surface area contributed by atoms with Crippen LogP contribution in [0, 0.1) is 12.7 Å². The summed E-state index contributed by atoms with van der Waals surface area (Å²) in [5.74, 6) is -0.258. The molecule has 0 unspecified atom stereocenters. The molecule has 1 amide bonds. The normalized spacial score (nSPS) is 13.2. The number of nitrogens with zero attached hydrogens (tertiary/aromatic N) is 5. The lowest BCUT2D eigenvalue weighted by Crippen LogP contribution is -2.26. The van der Waals surface area contributed by atoms with E-state index in [9.17, 15) is 17.6 Å². The van der Waals surface area contributed by atoms with Gasteiger partial charge < -0.3 is 4.90 Å². The zero-order valence-corrected chi connectivity index (χ0v) is 19.3. The van der Waals surface area contributed by atoms with Crippen LogP contribution in [0.5, 0.6) is 0 Å². The van der Waals surface area contributed by atoms with Crippen LogP contribution in [0.2, 0.25) is 0 Å². The number of carbonyl (C=O) groups excluding carboxylic acids is 1. The first-order chi connectivity index (χ1) is 16.2. The van der Waals surface area contributed by atoms with Crippen LogP contribution in [-0.2, 0) is 22.9 Å². The number of aryl methyl sites for hydroxylation is 1. The first-order valence-corrected chi connectivity index (χ1v) is 12.3.